The van der Waals surface area contributed by atoms with E-state index in [4.69, 9.17) is 9.84 Å². The molecule has 0 fully saturated rings. The Hall–Kier alpha value is -1.25. The molecule has 21 heavy (non-hydrogen) atoms. The van der Waals surface area contributed by atoms with Crippen LogP contribution in [0.1, 0.15) is 12.0 Å². The van der Waals surface area contributed by atoms with Crippen LogP contribution >= 0.6 is 0 Å². The van der Waals surface area contributed by atoms with Crippen LogP contribution in [0.4, 0.5) is 8.78 Å². The van der Waals surface area contributed by atoms with Crippen LogP contribution in [-0.4, -0.2) is 50.6 Å². The maximum absolute atomic E-state index is 12.5. The molecule has 0 amide bonds. The lowest BCUT2D eigenvalue weighted by Crippen LogP contribution is -2.37. The van der Waals surface area contributed by atoms with Gasteiger partial charge in [0.1, 0.15) is 5.75 Å². The lowest BCUT2D eigenvalue weighted by molar-refractivity contribution is 0.113. The number of halogens is 2. The van der Waals surface area contributed by atoms with Gasteiger partial charge in [0.15, 0.2) is 0 Å². The zero-order valence-electron chi connectivity index (χ0n) is 11.3. The third-order valence-corrected chi connectivity index (χ3v) is 5.07. The molecule has 0 aromatic heterocycles. The van der Waals surface area contributed by atoms with Crippen LogP contribution in [0.15, 0.2) is 23.1 Å². The van der Waals surface area contributed by atoms with Gasteiger partial charge in [0.2, 0.25) is 10.0 Å². The van der Waals surface area contributed by atoms with E-state index in [1.165, 1.54) is 12.1 Å². The van der Waals surface area contributed by atoms with Gasteiger partial charge in [0.25, 0.3) is 6.43 Å². The number of aliphatic hydroxyl groups excluding tert-OH is 1. The van der Waals surface area contributed by atoms with Crippen molar-refractivity contribution in [2.24, 2.45) is 0 Å². The topological polar surface area (TPSA) is 66.8 Å². The molecule has 0 bridgehead atoms. The molecule has 0 unspecified atom stereocenters. The first-order valence-electron chi connectivity index (χ1n) is 6.60. The lowest BCUT2D eigenvalue weighted by Gasteiger charge is -2.22. The third kappa shape index (κ3) is 3.69. The minimum atomic E-state index is -4.05. The van der Waals surface area contributed by atoms with Crippen LogP contribution in [0.5, 0.6) is 5.75 Å². The first kappa shape index (κ1) is 16.1. The van der Waals surface area contributed by atoms with Gasteiger partial charge in [0.05, 0.1) is 24.7 Å². The smallest absolute Gasteiger partial charge is 0.252 e. The molecule has 1 heterocycles. The number of hydrogen-bond donors (Lipinski definition) is 1. The Labute approximate surface area is 122 Å². The van der Waals surface area contributed by atoms with Gasteiger partial charge < -0.3 is 9.84 Å². The zero-order chi connectivity index (χ0) is 15.5. The standard InChI is InChI=1S/C13H17F2NO4S/c14-13(15)9-16(5-6-17)21(18,19)11-3-4-12-10(8-11)2-1-7-20-12/h3-4,8,13,17H,1-2,5-7,9H2. The van der Waals surface area contributed by atoms with Crippen LogP contribution in [0.25, 0.3) is 0 Å². The van der Waals surface area contributed by atoms with E-state index < -0.39 is 29.6 Å². The van der Waals surface area contributed by atoms with Gasteiger partial charge in [-0.3, -0.25) is 0 Å². The van der Waals surface area contributed by atoms with E-state index in [2.05, 4.69) is 0 Å². The summed E-state index contributed by atoms with van der Waals surface area (Å²) in [5, 5.41) is 8.88. The van der Waals surface area contributed by atoms with Crippen molar-refractivity contribution in [1.82, 2.24) is 4.31 Å². The predicted molar refractivity (Wildman–Crippen MR) is 72.1 cm³/mol. The maximum Gasteiger partial charge on any atom is 0.252 e. The van der Waals surface area contributed by atoms with E-state index in [9.17, 15) is 17.2 Å². The zero-order valence-corrected chi connectivity index (χ0v) is 12.2. The Kier molecular flexibility index (Phi) is 5.13. The van der Waals surface area contributed by atoms with E-state index in [-0.39, 0.29) is 11.4 Å². The second-order valence-corrected chi connectivity index (χ2v) is 6.64. The molecular formula is C13H17F2NO4S. The van der Waals surface area contributed by atoms with Crippen molar-refractivity contribution in [3.8, 4) is 5.75 Å². The second-order valence-electron chi connectivity index (χ2n) is 4.70. The average Bonchev–Trinajstić information content (AvgIpc) is 2.46. The summed E-state index contributed by atoms with van der Waals surface area (Å²) < 4.78 is 55.8. The van der Waals surface area contributed by atoms with Crippen molar-refractivity contribution >= 4 is 10.0 Å². The highest BCUT2D eigenvalue weighted by molar-refractivity contribution is 7.89. The summed E-state index contributed by atoms with van der Waals surface area (Å²) in [6.07, 6.45) is -1.33. The van der Waals surface area contributed by atoms with Crippen molar-refractivity contribution in [3.05, 3.63) is 23.8 Å². The number of sulfonamides is 1. The Morgan fingerprint density at radius 1 is 1.38 bits per heavy atom. The minimum absolute atomic E-state index is 0.0548. The number of ether oxygens (including phenoxy) is 1. The highest BCUT2D eigenvalue weighted by Crippen LogP contribution is 2.28. The molecule has 0 atom stereocenters. The third-order valence-electron chi connectivity index (χ3n) is 3.21. The van der Waals surface area contributed by atoms with E-state index in [1.807, 2.05) is 0 Å². The highest BCUT2D eigenvalue weighted by atomic mass is 32.2. The largest absolute Gasteiger partial charge is 0.493 e. The first-order chi connectivity index (χ1) is 9.95. The Morgan fingerprint density at radius 3 is 2.81 bits per heavy atom. The number of hydrogen-bond acceptors (Lipinski definition) is 4. The monoisotopic (exact) mass is 321 g/mol. The molecule has 118 valence electrons. The molecule has 0 radical (unpaired) electrons. The van der Waals surface area contributed by atoms with Gasteiger partial charge in [0, 0.05) is 6.54 Å². The molecule has 0 saturated carbocycles. The van der Waals surface area contributed by atoms with Crippen LogP contribution in [0.2, 0.25) is 0 Å². The van der Waals surface area contributed by atoms with E-state index in [0.717, 1.165) is 12.0 Å². The molecule has 5 nitrogen and oxygen atoms in total. The number of benzene rings is 1. The number of aliphatic hydroxyl groups is 1. The van der Waals surface area contributed by atoms with Crippen LogP contribution in [-0.2, 0) is 16.4 Å². The normalized spacial score (nSPS) is 15.1. The Morgan fingerprint density at radius 2 is 2.14 bits per heavy atom. The van der Waals surface area contributed by atoms with Gasteiger partial charge in [-0.1, -0.05) is 0 Å². The maximum atomic E-state index is 12.5. The Balaban J connectivity index is 2.32. The van der Waals surface area contributed by atoms with Gasteiger partial charge in [-0.25, -0.2) is 17.2 Å². The van der Waals surface area contributed by atoms with Crippen LogP contribution in [0.3, 0.4) is 0 Å². The molecule has 8 heteroatoms. The lowest BCUT2D eigenvalue weighted by atomic mass is 10.1. The molecule has 0 saturated heterocycles. The van der Waals surface area contributed by atoms with Crippen molar-refractivity contribution in [2.45, 2.75) is 24.2 Å². The summed E-state index contributed by atoms with van der Waals surface area (Å²) in [5.74, 6) is 0.628. The summed E-state index contributed by atoms with van der Waals surface area (Å²) in [6.45, 7) is -1.22. The summed E-state index contributed by atoms with van der Waals surface area (Å²) in [6, 6.07) is 4.34. The van der Waals surface area contributed by atoms with Gasteiger partial charge >= 0.3 is 0 Å². The van der Waals surface area contributed by atoms with E-state index in [1.54, 1.807) is 6.07 Å². The summed E-state index contributed by atoms with van der Waals surface area (Å²) >= 11 is 0. The Bertz CT molecular complexity index is 592. The molecule has 1 N–H and O–H groups in total. The fourth-order valence-corrected chi connectivity index (χ4v) is 3.68. The number of aryl methyl sites for hydroxylation is 1. The molecule has 0 spiro atoms. The summed E-state index contributed by atoms with van der Waals surface area (Å²) in [7, 11) is -4.05. The summed E-state index contributed by atoms with van der Waals surface area (Å²) in [5.41, 5.74) is 0.753. The molecule has 1 aromatic rings. The molecular weight excluding hydrogens is 304 g/mol. The predicted octanol–water partition coefficient (Wildman–Crippen LogP) is 1.26. The van der Waals surface area contributed by atoms with Gasteiger partial charge in [-0.2, -0.15) is 4.31 Å². The number of nitrogens with zero attached hydrogens (tertiary/aromatic N) is 1. The fraction of sp³-hybridized carbons (Fsp3) is 0.538. The minimum Gasteiger partial charge on any atom is -0.493 e. The van der Waals surface area contributed by atoms with E-state index >= 15 is 0 Å². The van der Waals surface area contributed by atoms with Crippen LogP contribution < -0.4 is 4.74 Å². The molecule has 1 aliphatic heterocycles. The number of fused-ring (bicyclic) bond motifs is 1. The molecule has 1 aliphatic rings. The molecule has 2 rings (SSSR count). The second kappa shape index (κ2) is 6.67. The molecule has 1 aromatic carbocycles. The first-order valence-corrected chi connectivity index (χ1v) is 8.04. The van der Waals surface area contributed by atoms with Gasteiger partial charge in [-0.05, 0) is 36.6 Å². The van der Waals surface area contributed by atoms with E-state index in [0.29, 0.717) is 23.1 Å². The average molecular weight is 321 g/mol. The number of rotatable bonds is 6. The van der Waals surface area contributed by atoms with Crippen molar-refractivity contribution in [1.29, 1.82) is 0 Å². The van der Waals surface area contributed by atoms with Crippen LogP contribution in [0, 0.1) is 0 Å². The quantitative estimate of drug-likeness (QED) is 0.856. The fourth-order valence-electron chi connectivity index (χ4n) is 2.22. The van der Waals surface area contributed by atoms with Gasteiger partial charge in [-0.15, -0.1) is 0 Å². The highest BCUT2D eigenvalue weighted by Gasteiger charge is 2.28. The number of alkyl halides is 2. The van der Waals surface area contributed by atoms with Crippen molar-refractivity contribution in [3.63, 3.8) is 0 Å². The van der Waals surface area contributed by atoms with Crippen molar-refractivity contribution in [2.75, 3.05) is 26.3 Å². The summed E-state index contributed by atoms with van der Waals surface area (Å²) in [4.78, 5) is -0.0548. The SMILES string of the molecule is O=S(=O)(c1ccc2c(c1)CCCO2)N(CCO)CC(F)F. The van der Waals surface area contributed by atoms with Crippen molar-refractivity contribution < 1.29 is 27.0 Å². The molecule has 0 aliphatic carbocycles.